The molecular formula is C5H9Cl. The maximum Gasteiger partial charge on any atom is 0.0404 e. The molecule has 0 radical (unpaired) electrons. The third-order valence-corrected chi connectivity index (χ3v) is 0.670. The molecule has 0 aromatic heterocycles. The SMILES string of the molecule is CCC=CCCl. The van der Waals surface area contributed by atoms with Gasteiger partial charge in [-0.1, -0.05) is 19.1 Å². The van der Waals surface area contributed by atoms with Crippen LogP contribution in [-0.2, 0) is 0 Å². The minimum atomic E-state index is 0.647. The van der Waals surface area contributed by atoms with Crippen LogP contribution in [0.3, 0.4) is 0 Å². The molecule has 0 nitrogen and oxygen atoms in total. The van der Waals surface area contributed by atoms with Gasteiger partial charge in [0.05, 0.1) is 0 Å². The van der Waals surface area contributed by atoms with E-state index in [-0.39, 0.29) is 0 Å². The average molecular weight is 105 g/mol. The van der Waals surface area contributed by atoms with Crippen molar-refractivity contribution >= 4 is 11.6 Å². The van der Waals surface area contributed by atoms with E-state index in [1.807, 2.05) is 12.2 Å². The summed E-state index contributed by atoms with van der Waals surface area (Å²) in [6, 6.07) is 0. The second-order valence-electron chi connectivity index (χ2n) is 1.03. The molecule has 0 spiro atoms. The molecule has 0 rings (SSSR count). The van der Waals surface area contributed by atoms with Gasteiger partial charge in [-0.15, -0.1) is 11.6 Å². The zero-order valence-electron chi connectivity index (χ0n) is 3.95. The molecule has 0 aromatic rings. The lowest BCUT2D eigenvalue weighted by Crippen LogP contribution is -1.56. The fraction of sp³-hybridized carbons (Fsp3) is 0.600. The molecule has 0 aliphatic heterocycles. The quantitative estimate of drug-likeness (QED) is 0.372. The van der Waals surface area contributed by atoms with Crippen molar-refractivity contribution in [2.45, 2.75) is 13.3 Å². The Morgan fingerprint density at radius 3 is 2.33 bits per heavy atom. The third-order valence-electron chi connectivity index (χ3n) is 0.491. The van der Waals surface area contributed by atoms with Crippen LogP contribution < -0.4 is 0 Å². The predicted octanol–water partition coefficient (Wildman–Crippen LogP) is 2.19. The van der Waals surface area contributed by atoms with Crippen LogP contribution in [0.25, 0.3) is 0 Å². The Hall–Kier alpha value is 0.0300. The van der Waals surface area contributed by atoms with Gasteiger partial charge in [-0.25, -0.2) is 0 Å². The Labute approximate surface area is 43.8 Å². The Morgan fingerprint density at radius 2 is 2.17 bits per heavy atom. The number of hydrogen-bond donors (Lipinski definition) is 0. The summed E-state index contributed by atoms with van der Waals surface area (Å²) in [6.07, 6.45) is 5.08. The molecule has 0 amide bonds. The zero-order valence-corrected chi connectivity index (χ0v) is 4.70. The number of hydrogen-bond acceptors (Lipinski definition) is 0. The van der Waals surface area contributed by atoms with Crippen molar-refractivity contribution in [3.05, 3.63) is 12.2 Å². The van der Waals surface area contributed by atoms with Crippen molar-refractivity contribution in [1.29, 1.82) is 0 Å². The van der Waals surface area contributed by atoms with E-state index in [0.717, 1.165) is 6.42 Å². The lowest BCUT2D eigenvalue weighted by atomic mass is 10.4. The van der Waals surface area contributed by atoms with Gasteiger partial charge in [0.2, 0.25) is 0 Å². The number of alkyl halides is 1. The van der Waals surface area contributed by atoms with E-state index in [9.17, 15) is 0 Å². The topological polar surface area (TPSA) is 0 Å². The molecule has 0 unspecified atom stereocenters. The molecule has 36 valence electrons. The maximum atomic E-state index is 5.29. The first-order valence-electron chi connectivity index (χ1n) is 2.12. The first kappa shape index (κ1) is 6.03. The summed E-state index contributed by atoms with van der Waals surface area (Å²) in [6.45, 7) is 2.09. The smallest absolute Gasteiger partial charge is 0.0404 e. The van der Waals surface area contributed by atoms with Crippen LogP contribution >= 0.6 is 11.6 Å². The normalized spacial score (nSPS) is 10.3. The number of rotatable bonds is 2. The molecule has 0 fully saturated rings. The highest BCUT2D eigenvalue weighted by molar-refractivity contribution is 6.18. The van der Waals surface area contributed by atoms with Gasteiger partial charge in [-0.2, -0.15) is 0 Å². The summed E-state index contributed by atoms with van der Waals surface area (Å²) in [5, 5.41) is 0. The lowest BCUT2D eigenvalue weighted by molar-refractivity contribution is 1.22. The molecule has 0 aliphatic carbocycles. The second kappa shape index (κ2) is 5.03. The van der Waals surface area contributed by atoms with Gasteiger partial charge >= 0.3 is 0 Å². The summed E-state index contributed by atoms with van der Waals surface area (Å²) in [5.74, 6) is 0.647. The molecule has 0 saturated heterocycles. The van der Waals surface area contributed by atoms with Gasteiger partial charge < -0.3 is 0 Å². The first-order chi connectivity index (χ1) is 2.91. The van der Waals surface area contributed by atoms with Gasteiger partial charge in [-0.05, 0) is 6.42 Å². The molecule has 0 heterocycles. The van der Waals surface area contributed by atoms with Crippen LogP contribution in [0.5, 0.6) is 0 Å². The highest BCUT2D eigenvalue weighted by atomic mass is 35.5. The standard InChI is InChI=1S/C5H9Cl/c1-2-3-4-5-6/h3-4H,2,5H2,1H3. The second-order valence-corrected chi connectivity index (χ2v) is 1.34. The number of halogens is 1. The van der Waals surface area contributed by atoms with E-state index < -0.39 is 0 Å². The fourth-order valence-corrected chi connectivity index (χ4v) is 0.356. The molecule has 0 atom stereocenters. The third kappa shape index (κ3) is 4.03. The van der Waals surface area contributed by atoms with Crippen molar-refractivity contribution in [2.75, 3.05) is 5.88 Å². The van der Waals surface area contributed by atoms with E-state index in [0.29, 0.717) is 5.88 Å². The van der Waals surface area contributed by atoms with Crippen molar-refractivity contribution in [3.63, 3.8) is 0 Å². The van der Waals surface area contributed by atoms with Gasteiger partial charge in [0.15, 0.2) is 0 Å². The summed E-state index contributed by atoms with van der Waals surface area (Å²) in [5.41, 5.74) is 0. The molecule has 0 saturated carbocycles. The molecule has 0 N–H and O–H groups in total. The van der Waals surface area contributed by atoms with Crippen LogP contribution in [0.1, 0.15) is 13.3 Å². The summed E-state index contributed by atoms with van der Waals surface area (Å²) in [7, 11) is 0. The highest BCUT2D eigenvalue weighted by Gasteiger charge is 1.61. The minimum absolute atomic E-state index is 0.647. The highest BCUT2D eigenvalue weighted by Crippen LogP contribution is 1.80. The van der Waals surface area contributed by atoms with E-state index in [2.05, 4.69) is 6.92 Å². The molecule has 1 heteroatoms. The predicted molar refractivity (Wildman–Crippen MR) is 30.2 cm³/mol. The molecule has 0 aromatic carbocycles. The summed E-state index contributed by atoms with van der Waals surface area (Å²) >= 11 is 5.29. The van der Waals surface area contributed by atoms with Crippen molar-refractivity contribution in [2.24, 2.45) is 0 Å². The van der Waals surface area contributed by atoms with Gasteiger partial charge in [0, 0.05) is 5.88 Å². The monoisotopic (exact) mass is 104 g/mol. The van der Waals surface area contributed by atoms with Gasteiger partial charge in [0.25, 0.3) is 0 Å². The Kier molecular flexibility index (Phi) is 5.06. The van der Waals surface area contributed by atoms with Crippen LogP contribution in [-0.4, -0.2) is 5.88 Å². The summed E-state index contributed by atoms with van der Waals surface area (Å²) < 4.78 is 0. The molecule has 0 aliphatic rings. The van der Waals surface area contributed by atoms with Gasteiger partial charge in [-0.3, -0.25) is 0 Å². The Morgan fingerprint density at radius 1 is 1.50 bits per heavy atom. The van der Waals surface area contributed by atoms with Crippen molar-refractivity contribution in [1.82, 2.24) is 0 Å². The molecule has 6 heavy (non-hydrogen) atoms. The first-order valence-corrected chi connectivity index (χ1v) is 2.66. The minimum Gasteiger partial charge on any atom is -0.122 e. The number of allylic oxidation sites excluding steroid dienone is 2. The summed E-state index contributed by atoms with van der Waals surface area (Å²) in [4.78, 5) is 0. The van der Waals surface area contributed by atoms with E-state index in [1.54, 1.807) is 0 Å². The van der Waals surface area contributed by atoms with Gasteiger partial charge in [0.1, 0.15) is 0 Å². The van der Waals surface area contributed by atoms with E-state index in [1.165, 1.54) is 0 Å². The van der Waals surface area contributed by atoms with Crippen LogP contribution in [0.4, 0.5) is 0 Å². The van der Waals surface area contributed by atoms with Crippen LogP contribution in [0.2, 0.25) is 0 Å². The average Bonchev–Trinajstić information content (AvgIpc) is 1.61. The fourth-order valence-electron chi connectivity index (χ4n) is 0.230. The molecular weight excluding hydrogens is 95.5 g/mol. The molecule has 0 bridgehead atoms. The van der Waals surface area contributed by atoms with E-state index in [4.69, 9.17) is 11.6 Å². The van der Waals surface area contributed by atoms with Crippen molar-refractivity contribution in [3.8, 4) is 0 Å². The largest absolute Gasteiger partial charge is 0.122 e. The van der Waals surface area contributed by atoms with Crippen LogP contribution in [0, 0.1) is 0 Å². The van der Waals surface area contributed by atoms with Crippen molar-refractivity contribution < 1.29 is 0 Å². The zero-order chi connectivity index (χ0) is 4.83. The Bertz CT molecular complexity index is 33.2. The van der Waals surface area contributed by atoms with E-state index >= 15 is 0 Å². The van der Waals surface area contributed by atoms with Crippen LogP contribution in [0.15, 0.2) is 12.2 Å². The lowest BCUT2D eigenvalue weighted by Gasteiger charge is -1.71. The Balaban J connectivity index is 2.73. The maximum absolute atomic E-state index is 5.29.